The van der Waals surface area contributed by atoms with Gasteiger partial charge in [0, 0.05) is 30.6 Å². The van der Waals surface area contributed by atoms with Crippen LogP contribution >= 0.6 is 0 Å². The molecule has 0 unspecified atom stereocenters. The van der Waals surface area contributed by atoms with Crippen molar-refractivity contribution < 1.29 is 9.90 Å². The second kappa shape index (κ2) is 5.11. The van der Waals surface area contributed by atoms with Crippen LogP contribution in [0.5, 0.6) is 0 Å². The van der Waals surface area contributed by atoms with Gasteiger partial charge in [0.2, 0.25) is 0 Å². The number of likely N-dealkylation sites (tertiary alicyclic amines) is 1. The molecular weight excluding hydrogens is 264 g/mol. The Hall–Kier alpha value is -1.39. The third kappa shape index (κ3) is 2.83. The van der Waals surface area contributed by atoms with Crippen LogP contribution in [0.2, 0.25) is 0 Å². The van der Waals surface area contributed by atoms with E-state index in [9.17, 15) is 9.90 Å². The zero-order valence-electron chi connectivity index (χ0n) is 12.2. The quantitative estimate of drug-likeness (QED) is 0.859. The second-order valence-corrected chi connectivity index (χ2v) is 6.79. The summed E-state index contributed by atoms with van der Waals surface area (Å²) in [7, 11) is 0. The predicted molar refractivity (Wildman–Crippen MR) is 80.2 cm³/mol. The van der Waals surface area contributed by atoms with Gasteiger partial charge in [-0.1, -0.05) is 12.1 Å². The van der Waals surface area contributed by atoms with Gasteiger partial charge in [-0.2, -0.15) is 0 Å². The van der Waals surface area contributed by atoms with Crippen LogP contribution in [0.4, 0.5) is 0 Å². The highest BCUT2D eigenvalue weighted by Gasteiger charge is 2.39. The van der Waals surface area contributed by atoms with Crippen molar-refractivity contribution in [3.05, 3.63) is 35.4 Å². The summed E-state index contributed by atoms with van der Waals surface area (Å²) in [5.74, 6) is 1.59. The van der Waals surface area contributed by atoms with E-state index in [-0.39, 0.29) is 12.0 Å². The van der Waals surface area contributed by atoms with E-state index in [2.05, 4.69) is 17.4 Å². The molecule has 0 spiro atoms. The Kier molecular flexibility index (Phi) is 3.23. The third-order valence-electron chi connectivity index (χ3n) is 4.89. The van der Waals surface area contributed by atoms with Gasteiger partial charge in [0.15, 0.2) is 0 Å². The van der Waals surface area contributed by atoms with Gasteiger partial charge in [0.05, 0.1) is 6.10 Å². The topological polar surface area (TPSA) is 52.6 Å². The number of amides is 1. The molecule has 2 saturated carbocycles. The number of carbonyl (C=O) groups is 1. The van der Waals surface area contributed by atoms with Crippen LogP contribution in [0, 0.1) is 5.92 Å². The number of rotatable bonds is 5. The molecule has 3 aliphatic rings. The average molecular weight is 286 g/mol. The molecule has 4 rings (SSSR count). The largest absolute Gasteiger partial charge is 0.389 e. The van der Waals surface area contributed by atoms with E-state index in [1.54, 1.807) is 4.90 Å². The van der Waals surface area contributed by atoms with Crippen molar-refractivity contribution in [2.24, 2.45) is 5.92 Å². The summed E-state index contributed by atoms with van der Waals surface area (Å²) >= 11 is 0. The van der Waals surface area contributed by atoms with Crippen molar-refractivity contribution >= 4 is 5.91 Å². The van der Waals surface area contributed by atoms with Crippen molar-refractivity contribution in [3.63, 3.8) is 0 Å². The molecule has 2 atom stereocenters. The molecule has 2 N–H and O–H groups in total. The molecule has 1 saturated heterocycles. The number of benzene rings is 1. The SMILES string of the molecule is O=C(c1ccc([C@@H]2C[C@H]2NCC2CC2)cc1)N1CC(O)C1. The van der Waals surface area contributed by atoms with Gasteiger partial charge >= 0.3 is 0 Å². The predicted octanol–water partition coefficient (Wildman–Crippen LogP) is 1.36. The summed E-state index contributed by atoms with van der Waals surface area (Å²) < 4.78 is 0. The standard InChI is InChI=1S/C17H22N2O2/c20-14-9-19(10-14)17(21)13-5-3-12(4-6-13)15-7-16(15)18-8-11-1-2-11/h3-6,11,14-16,18,20H,1-2,7-10H2/t15-,16+/m0/s1. The number of β-amino-alcohol motifs (C(OH)–C–C–N with tert-alkyl or cyclic N) is 1. The van der Waals surface area contributed by atoms with Crippen molar-refractivity contribution in [2.75, 3.05) is 19.6 Å². The zero-order chi connectivity index (χ0) is 14.4. The maximum atomic E-state index is 12.1. The summed E-state index contributed by atoms with van der Waals surface area (Å²) in [4.78, 5) is 13.8. The molecule has 0 radical (unpaired) electrons. The van der Waals surface area contributed by atoms with E-state index in [0.717, 1.165) is 11.5 Å². The summed E-state index contributed by atoms with van der Waals surface area (Å²) in [6.45, 7) is 2.11. The molecule has 21 heavy (non-hydrogen) atoms. The Labute approximate surface area is 125 Å². The number of nitrogens with zero attached hydrogens (tertiary/aromatic N) is 1. The molecule has 0 aromatic heterocycles. The fourth-order valence-corrected chi connectivity index (χ4v) is 3.11. The Morgan fingerprint density at radius 1 is 1.24 bits per heavy atom. The number of aliphatic hydroxyl groups is 1. The van der Waals surface area contributed by atoms with Gasteiger partial charge in [0.1, 0.15) is 0 Å². The lowest BCUT2D eigenvalue weighted by Gasteiger charge is -2.35. The van der Waals surface area contributed by atoms with E-state index < -0.39 is 0 Å². The molecule has 1 aliphatic heterocycles. The van der Waals surface area contributed by atoms with Gasteiger partial charge in [-0.25, -0.2) is 0 Å². The van der Waals surface area contributed by atoms with E-state index in [4.69, 9.17) is 0 Å². The molecular formula is C17H22N2O2. The molecule has 2 aliphatic carbocycles. The first-order valence-electron chi connectivity index (χ1n) is 8.01. The molecule has 1 aromatic rings. The van der Waals surface area contributed by atoms with Crippen LogP contribution in [-0.2, 0) is 0 Å². The van der Waals surface area contributed by atoms with Crippen molar-refractivity contribution in [1.82, 2.24) is 10.2 Å². The van der Waals surface area contributed by atoms with Crippen LogP contribution in [0.15, 0.2) is 24.3 Å². The van der Waals surface area contributed by atoms with E-state index in [1.807, 2.05) is 12.1 Å². The first kappa shape index (κ1) is 13.3. The smallest absolute Gasteiger partial charge is 0.254 e. The second-order valence-electron chi connectivity index (χ2n) is 6.79. The van der Waals surface area contributed by atoms with E-state index in [1.165, 1.54) is 31.4 Å². The molecule has 0 bridgehead atoms. The lowest BCUT2D eigenvalue weighted by atomic mass is 10.0. The monoisotopic (exact) mass is 286 g/mol. The van der Waals surface area contributed by atoms with Gasteiger partial charge in [-0.3, -0.25) is 4.79 Å². The third-order valence-corrected chi connectivity index (χ3v) is 4.89. The molecule has 1 aromatic carbocycles. The van der Waals surface area contributed by atoms with Crippen LogP contribution in [0.25, 0.3) is 0 Å². The highest BCUT2D eigenvalue weighted by atomic mass is 16.3. The van der Waals surface area contributed by atoms with Crippen molar-refractivity contribution in [1.29, 1.82) is 0 Å². The summed E-state index contributed by atoms with van der Waals surface area (Å²) in [6, 6.07) is 8.68. The molecule has 1 heterocycles. The number of nitrogens with one attached hydrogen (secondary N) is 1. The summed E-state index contributed by atoms with van der Waals surface area (Å²) in [6.07, 6.45) is 3.68. The number of aliphatic hydroxyl groups excluding tert-OH is 1. The van der Waals surface area contributed by atoms with Crippen LogP contribution in [0.1, 0.15) is 41.1 Å². The summed E-state index contributed by atoms with van der Waals surface area (Å²) in [5, 5.41) is 12.9. The molecule has 3 fully saturated rings. The van der Waals surface area contributed by atoms with Gasteiger partial charge < -0.3 is 15.3 Å². The first-order valence-corrected chi connectivity index (χ1v) is 8.01. The van der Waals surface area contributed by atoms with Crippen molar-refractivity contribution in [2.45, 2.75) is 37.3 Å². The minimum Gasteiger partial charge on any atom is -0.389 e. The Morgan fingerprint density at radius 2 is 1.95 bits per heavy atom. The first-order chi connectivity index (χ1) is 10.2. The molecule has 112 valence electrons. The minimum absolute atomic E-state index is 0.0334. The minimum atomic E-state index is -0.335. The van der Waals surface area contributed by atoms with Crippen molar-refractivity contribution in [3.8, 4) is 0 Å². The maximum absolute atomic E-state index is 12.1. The lowest BCUT2D eigenvalue weighted by molar-refractivity contribution is 0.00589. The number of hydrogen-bond acceptors (Lipinski definition) is 3. The molecule has 1 amide bonds. The Bertz CT molecular complexity index is 532. The normalized spacial score (nSPS) is 28.3. The fraction of sp³-hybridized carbons (Fsp3) is 0.588. The van der Waals surface area contributed by atoms with Crippen LogP contribution in [-0.4, -0.2) is 47.7 Å². The molecule has 4 nitrogen and oxygen atoms in total. The Balaban J connectivity index is 1.32. The Morgan fingerprint density at radius 3 is 2.57 bits per heavy atom. The zero-order valence-corrected chi connectivity index (χ0v) is 12.2. The van der Waals surface area contributed by atoms with Crippen LogP contribution in [0.3, 0.4) is 0 Å². The highest BCUT2D eigenvalue weighted by Crippen LogP contribution is 2.41. The van der Waals surface area contributed by atoms with Gasteiger partial charge in [-0.05, 0) is 49.4 Å². The summed E-state index contributed by atoms with van der Waals surface area (Å²) in [5.41, 5.74) is 2.07. The van der Waals surface area contributed by atoms with E-state index in [0.29, 0.717) is 25.0 Å². The highest BCUT2D eigenvalue weighted by molar-refractivity contribution is 5.94. The number of carbonyl (C=O) groups excluding carboxylic acids is 1. The average Bonchev–Trinajstić information content (AvgIpc) is 3.35. The van der Waals surface area contributed by atoms with Gasteiger partial charge in [-0.15, -0.1) is 0 Å². The van der Waals surface area contributed by atoms with Gasteiger partial charge in [0.25, 0.3) is 5.91 Å². The number of hydrogen-bond donors (Lipinski definition) is 2. The lowest BCUT2D eigenvalue weighted by Crippen LogP contribution is -2.53. The molecule has 4 heteroatoms. The maximum Gasteiger partial charge on any atom is 0.254 e. The van der Waals surface area contributed by atoms with E-state index >= 15 is 0 Å². The van der Waals surface area contributed by atoms with Crippen LogP contribution < -0.4 is 5.32 Å². The fourth-order valence-electron chi connectivity index (χ4n) is 3.11.